The van der Waals surface area contributed by atoms with Gasteiger partial charge in [0.2, 0.25) is 5.91 Å². The van der Waals surface area contributed by atoms with Crippen LogP contribution in [0, 0.1) is 5.92 Å². The van der Waals surface area contributed by atoms with Gasteiger partial charge in [-0.15, -0.1) is 12.4 Å². The van der Waals surface area contributed by atoms with Crippen LogP contribution in [0.1, 0.15) is 52.9 Å². The molecule has 0 spiro atoms. The molecule has 0 heterocycles. The molecule has 0 saturated heterocycles. The number of rotatable bonds is 8. The molecule has 0 bridgehead atoms. The Kier molecular flexibility index (Phi) is 12.7. The van der Waals surface area contributed by atoms with Crippen molar-refractivity contribution < 1.29 is 4.79 Å². The standard InChI is InChI=1S/C12H26N2O.ClH/c1-4-6-8-11(9-13)14-12(15)10(3)7-5-2;/h10-11H,4-9,13H2,1-3H3,(H,14,15);1H. The van der Waals surface area contributed by atoms with Crippen LogP contribution in [0.5, 0.6) is 0 Å². The average Bonchev–Trinajstić information content (AvgIpc) is 2.24. The molecular weight excluding hydrogens is 224 g/mol. The van der Waals surface area contributed by atoms with Crippen LogP contribution in [-0.4, -0.2) is 18.5 Å². The molecule has 0 radical (unpaired) electrons. The van der Waals surface area contributed by atoms with Crippen molar-refractivity contribution in [3.8, 4) is 0 Å². The Hall–Kier alpha value is -0.280. The highest BCUT2D eigenvalue weighted by atomic mass is 35.5. The van der Waals surface area contributed by atoms with Crippen molar-refractivity contribution in [2.45, 2.75) is 58.9 Å². The quantitative estimate of drug-likeness (QED) is 0.696. The molecular formula is C12H27ClN2O. The molecule has 0 rings (SSSR count). The zero-order chi connectivity index (χ0) is 11.7. The van der Waals surface area contributed by atoms with E-state index in [1.165, 1.54) is 0 Å². The molecule has 98 valence electrons. The van der Waals surface area contributed by atoms with E-state index in [9.17, 15) is 4.79 Å². The zero-order valence-electron chi connectivity index (χ0n) is 10.8. The van der Waals surface area contributed by atoms with Gasteiger partial charge in [-0.3, -0.25) is 4.79 Å². The molecule has 3 nitrogen and oxygen atoms in total. The van der Waals surface area contributed by atoms with Gasteiger partial charge in [0.1, 0.15) is 0 Å². The summed E-state index contributed by atoms with van der Waals surface area (Å²) in [6, 6.07) is 0.164. The second-order valence-corrected chi connectivity index (χ2v) is 4.27. The topological polar surface area (TPSA) is 55.1 Å². The molecule has 0 aromatic carbocycles. The number of unbranched alkanes of at least 4 members (excludes halogenated alkanes) is 1. The molecule has 0 aliphatic carbocycles. The Morgan fingerprint density at radius 1 is 1.25 bits per heavy atom. The van der Waals surface area contributed by atoms with Gasteiger partial charge in [0.25, 0.3) is 0 Å². The monoisotopic (exact) mass is 250 g/mol. The van der Waals surface area contributed by atoms with Gasteiger partial charge in [-0.2, -0.15) is 0 Å². The molecule has 2 unspecified atom stereocenters. The van der Waals surface area contributed by atoms with Crippen molar-refractivity contribution in [2.24, 2.45) is 11.7 Å². The molecule has 0 aromatic rings. The van der Waals surface area contributed by atoms with Crippen LogP contribution in [0.15, 0.2) is 0 Å². The molecule has 0 aliphatic rings. The second kappa shape index (κ2) is 11.2. The highest BCUT2D eigenvalue weighted by Crippen LogP contribution is 2.06. The molecule has 16 heavy (non-hydrogen) atoms. The summed E-state index contributed by atoms with van der Waals surface area (Å²) < 4.78 is 0. The van der Waals surface area contributed by atoms with Crippen molar-refractivity contribution in [2.75, 3.05) is 6.54 Å². The van der Waals surface area contributed by atoms with E-state index < -0.39 is 0 Å². The zero-order valence-corrected chi connectivity index (χ0v) is 11.6. The van der Waals surface area contributed by atoms with Crippen LogP contribution < -0.4 is 11.1 Å². The van der Waals surface area contributed by atoms with Crippen molar-refractivity contribution in [1.82, 2.24) is 5.32 Å². The third-order valence-electron chi connectivity index (χ3n) is 2.71. The lowest BCUT2D eigenvalue weighted by atomic mass is 10.0. The summed E-state index contributed by atoms with van der Waals surface area (Å²) in [4.78, 5) is 11.7. The lowest BCUT2D eigenvalue weighted by molar-refractivity contribution is -0.125. The van der Waals surface area contributed by atoms with Gasteiger partial charge in [0.05, 0.1) is 0 Å². The summed E-state index contributed by atoms with van der Waals surface area (Å²) in [6.45, 7) is 6.77. The van der Waals surface area contributed by atoms with E-state index in [1.807, 2.05) is 6.92 Å². The Bertz CT molecular complexity index is 176. The van der Waals surface area contributed by atoms with Gasteiger partial charge in [0, 0.05) is 18.5 Å². The lowest BCUT2D eigenvalue weighted by Gasteiger charge is -2.19. The maximum Gasteiger partial charge on any atom is 0.223 e. The highest BCUT2D eigenvalue weighted by molar-refractivity contribution is 5.85. The molecule has 0 fully saturated rings. The molecule has 0 aliphatic heterocycles. The van der Waals surface area contributed by atoms with Crippen LogP contribution in [0.3, 0.4) is 0 Å². The van der Waals surface area contributed by atoms with Crippen molar-refractivity contribution in [3.05, 3.63) is 0 Å². The fourth-order valence-corrected chi connectivity index (χ4v) is 1.61. The summed E-state index contributed by atoms with van der Waals surface area (Å²) in [6.07, 6.45) is 5.28. The third kappa shape index (κ3) is 7.94. The fourth-order valence-electron chi connectivity index (χ4n) is 1.61. The van der Waals surface area contributed by atoms with E-state index >= 15 is 0 Å². The second-order valence-electron chi connectivity index (χ2n) is 4.27. The number of amides is 1. The van der Waals surface area contributed by atoms with Gasteiger partial charge in [0.15, 0.2) is 0 Å². The van der Waals surface area contributed by atoms with Crippen LogP contribution >= 0.6 is 12.4 Å². The number of carbonyl (C=O) groups is 1. The lowest BCUT2D eigenvalue weighted by Crippen LogP contribution is -2.42. The number of hydrogen-bond donors (Lipinski definition) is 2. The van der Waals surface area contributed by atoms with E-state index in [4.69, 9.17) is 5.73 Å². The fraction of sp³-hybridized carbons (Fsp3) is 0.917. The van der Waals surface area contributed by atoms with Crippen LogP contribution in [0.2, 0.25) is 0 Å². The molecule has 0 saturated carbocycles. The molecule has 1 amide bonds. The molecule has 3 N–H and O–H groups in total. The van der Waals surface area contributed by atoms with E-state index in [0.717, 1.165) is 32.1 Å². The first-order chi connectivity index (χ1) is 7.15. The van der Waals surface area contributed by atoms with E-state index in [2.05, 4.69) is 19.2 Å². The van der Waals surface area contributed by atoms with E-state index in [1.54, 1.807) is 0 Å². The van der Waals surface area contributed by atoms with E-state index in [0.29, 0.717) is 6.54 Å². The van der Waals surface area contributed by atoms with Gasteiger partial charge < -0.3 is 11.1 Å². The van der Waals surface area contributed by atoms with Crippen LogP contribution in [0.4, 0.5) is 0 Å². The van der Waals surface area contributed by atoms with Gasteiger partial charge in [-0.25, -0.2) is 0 Å². The molecule has 0 aromatic heterocycles. The Balaban J connectivity index is 0. The minimum absolute atomic E-state index is 0. The summed E-state index contributed by atoms with van der Waals surface area (Å²) in [5.74, 6) is 0.272. The first-order valence-electron chi connectivity index (χ1n) is 6.16. The minimum Gasteiger partial charge on any atom is -0.352 e. The first kappa shape index (κ1) is 18.1. The number of hydrogen-bond acceptors (Lipinski definition) is 2. The highest BCUT2D eigenvalue weighted by Gasteiger charge is 2.15. The van der Waals surface area contributed by atoms with E-state index in [-0.39, 0.29) is 30.3 Å². The van der Waals surface area contributed by atoms with Gasteiger partial charge in [-0.1, -0.05) is 40.0 Å². The van der Waals surface area contributed by atoms with Crippen molar-refractivity contribution >= 4 is 18.3 Å². The summed E-state index contributed by atoms with van der Waals surface area (Å²) in [5, 5.41) is 3.02. The Morgan fingerprint density at radius 3 is 2.31 bits per heavy atom. The number of nitrogens with one attached hydrogen (secondary N) is 1. The average molecular weight is 251 g/mol. The van der Waals surface area contributed by atoms with Crippen molar-refractivity contribution in [1.29, 1.82) is 0 Å². The van der Waals surface area contributed by atoms with Crippen LogP contribution in [-0.2, 0) is 4.79 Å². The third-order valence-corrected chi connectivity index (χ3v) is 2.71. The van der Waals surface area contributed by atoms with Gasteiger partial charge in [-0.05, 0) is 12.8 Å². The molecule has 2 atom stereocenters. The SMILES string of the molecule is CCCCC(CN)NC(=O)C(C)CCC.Cl. The number of carbonyl (C=O) groups excluding carboxylic acids is 1. The van der Waals surface area contributed by atoms with Crippen molar-refractivity contribution in [3.63, 3.8) is 0 Å². The maximum atomic E-state index is 11.7. The predicted molar refractivity (Wildman–Crippen MR) is 71.8 cm³/mol. The maximum absolute atomic E-state index is 11.7. The predicted octanol–water partition coefficient (Wildman–Crippen LogP) is 2.48. The molecule has 4 heteroatoms. The number of nitrogens with two attached hydrogens (primary N) is 1. The first-order valence-corrected chi connectivity index (χ1v) is 6.16. The number of halogens is 1. The summed E-state index contributed by atoms with van der Waals surface area (Å²) in [7, 11) is 0. The Morgan fingerprint density at radius 2 is 1.88 bits per heavy atom. The van der Waals surface area contributed by atoms with Crippen LogP contribution in [0.25, 0.3) is 0 Å². The summed E-state index contributed by atoms with van der Waals surface area (Å²) in [5.41, 5.74) is 5.62. The smallest absolute Gasteiger partial charge is 0.223 e. The normalized spacial score (nSPS) is 13.8. The summed E-state index contributed by atoms with van der Waals surface area (Å²) >= 11 is 0. The largest absolute Gasteiger partial charge is 0.352 e. The minimum atomic E-state index is 0. The van der Waals surface area contributed by atoms with Gasteiger partial charge >= 0.3 is 0 Å². The Labute approximate surface area is 106 Å².